The molecule has 0 saturated heterocycles. The van der Waals surface area contributed by atoms with E-state index in [2.05, 4.69) is 15.9 Å². The summed E-state index contributed by atoms with van der Waals surface area (Å²) in [7, 11) is 0. The van der Waals surface area contributed by atoms with Crippen molar-refractivity contribution >= 4 is 15.9 Å². The lowest BCUT2D eigenvalue weighted by molar-refractivity contribution is 0.297. The summed E-state index contributed by atoms with van der Waals surface area (Å²) in [5, 5.41) is 18.9. The molecule has 0 radical (unpaired) electrons. The van der Waals surface area contributed by atoms with Gasteiger partial charge < -0.3 is 14.9 Å². The van der Waals surface area contributed by atoms with Crippen molar-refractivity contribution in [2.45, 2.75) is 6.61 Å². The zero-order valence-electron chi connectivity index (χ0n) is 8.93. The Labute approximate surface area is 107 Å². The molecule has 0 saturated carbocycles. The zero-order valence-corrected chi connectivity index (χ0v) is 10.5. The van der Waals surface area contributed by atoms with Crippen LogP contribution in [-0.4, -0.2) is 10.2 Å². The summed E-state index contributed by atoms with van der Waals surface area (Å²) in [4.78, 5) is 0. The van der Waals surface area contributed by atoms with Crippen molar-refractivity contribution in [2.75, 3.05) is 0 Å². The van der Waals surface area contributed by atoms with Gasteiger partial charge in [0, 0.05) is 16.1 Å². The van der Waals surface area contributed by atoms with Gasteiger partial charge in [0.15, 0.2) is 0 Å². The number of benzene rings is 2. The van der Waals surface area contributed by atoms with E-state index >= 15 is 0 Å². The number of halogens is 1. The summed E-state index contributed by atoms with van der Waals surface area (Å²) in [5.74, 6) is 0.898. The Balaban J connectivity index is 2.07. The van der Waals surface area contributed by atoms with Gasteiger partial charge in [-0.3, -0.25) is 0 Å². The van der Waals surface area contributed by atoms with E-state index in [1.165, 1.54) is 6.07 Å². The summed E-state index contributed by atoms with van der Waals surface area (Å²) in [6, 6.07) is 11.8. The molecule has 0 heterocycles. The topological polar surface area (TPSA) is 49.7 Å². The molecule has 2 aromatic carbocycles. The van der Waals surface area contributed by atoms with E-state index in [-0.39, 0.29) is 18.1 Å². The SMILES string of the molecule is Oc1cccc(OCc2ccc(Br)cc2O)c1. The minimum absolute atomic E-state index is 0.155. The molecule has 0 fully saturated rings. The molecular formula is C13H11BrO3. The molecule has 0 spiro atoms. The summed E-state index contributed by atoms with van der Waals surface area (Å²) in [6.45, 7) is 0.253. The molecule has 3 nitrogen and oxygen atoms in total. The van der Waals surface area contributed by atoms with Crippen LogP contribution in [0.4, 0.5) is 0 Å². The molecule has 0 aliphatic heterocycles. The van der Waals surface area contributed by atoms with Crippen LogP contribution in [0.3, 0.4) is 0 Å². The van der Waals surface area contributed by atoms with E-state index in [4.69, 9.17) is 4.74 Å². The first-order valence-corrected chi connectivity index (χ1v) is 5.83. The summed E-state index contributed by atoms with van der Waals surface area (Å²) >= 11 is 3.27. The summed E-state index contributed by atoms with van der Waals surface area (Å²) in [5.41, 5.74) is 0.691. The molecule has 0 amide bonds. The highest BCUT2D eigenvalue weighted by Gasteiger charge is 2.03. The maximum atomic E-state index is 9.66. The van der Waals surface area contributed by atoms with Gasteiger partial charge in [-0.05, 0) is 24.3 Å². The van der Waals surface area contributed by atoms with Crippen molar-refractivity contribution in [3.63, 3.8) is 0 Å². The van der Waals surface area contributed by atoms with Gasteiger partial charge in [0.2, 0.25) is 0 Å². The second-order valence-corrected chi connectivity index (χ2v) is 4.47. The van der Waals surface area contributed by atoms with Crippen LogP contribution in [0.25, 0.3) is 0 Å². The van der Waals surface area contributed by atoms with Crippen molar-refractivity contribution in [2.24, 2.45) is 0 Å². The highest BCUT2D eigenvalue weighted by atomic mass is 79.9. The quantitative estimate of drug-likeness (QED) is 0.912. The Morgan fingerprint density at radius 3 is 2.59 bits per heavy atom. The normalized spacial score (nSPS) is 10.2. The van der Waals surface area contributed by atoms with Crippen molar-refractivity contribution < 1.29 is 14.9 Å². The summed E-state index contributed by atoms with van der Waals surface area (Å²) < 4.78 is 6.27. The second-order valence-electron chi connectivity index (χ2n) is 3.56. The molecule has 0 aliphatic rings. The van der Waals surface area contributed by atoms with E-state index in [1.807, 2.05) is 6.07 Å². The largest absolute Gasteiger partial charge is 0.508 e. The van der Waals surface area contributed by atoms with Crippen LogP contribution in [0.1, 0.15) is 5.56 Å². The van der Waals surface area contributed by atoms with Crippen molar-refractivity contribution in [1.82, 2.24) is 0 Å². The molecular weight excluding hydrogens is 284 g/mol. The molecule has 0 atom stereocenters. The number of phenols is 2. The fraction of sp³-hybridized carbons (Fsp3) is 0.0769. The van der Waals surface area contributed by atoms with Gasteiger partial charge in [-0.2, -0.15) is 0 Å². The Morgan fingerprint density at radius 1 is 1.06 bits per heavy atom. The Morgan fingerprint density at radius 2 is 1.88 bits per heavy atom. The third-order valence-corrected chi connectivity index (χ3v) is 2.75. The molecule has 0 unspecified atom stereocenters. The number of rotatable bonds is 3. The predicted octanol–water partition coefficient (Wildman–Crippen LogP) is 3.44. The standard InChI is InChI=1S/C13H11BrO3/c14-10-5-4-9(13(16)6-10)8-17-12-3-1-2-11(15)7-12/h1-7,15-16H,8H2. The van der Waals surface area contributed by atoms with Crippen LogP contribution >= 0.6 is 15.9 Å². The number of hydrogen-bond acceptors (Lipinski definition) is 3. The predicted molar refractivity (Wildman–Crippen MR) is 68.2 cm³/mol. The number of hydrogen-bond donors (Lipinski definition) is 2. The van der Waals surface area contributed by atoms with Gasteiger partial charge in [0.1, 0.15) is 23.9 Å². The van der Waals surface area contributed by atoms with E-state index in [0.29, 0.717) is 11.3 Å². The lowest BCUT2D eigenvalue weighted by Gasteiger charge is -2.08. The van der Waals surface area contributed by atoms with Gasteiger partial charge in [0.25, 0.3) is 0 Å². The third kappa shape index (κ3) is 3.14. The van der Waals surface area contributed by atoms with Crippen molar-refractivity contribution in [3.8, 4) is 17.2 Å². The summed E-state index contributed by atoms with van der Waals surface area (Å²) in [6.07, 6.45) is 0. The van der Waals surface area contributed by atoms with E-state index in [1.54, 1.807) is 30.3 Å². The van der Waals surface area contributed by atoms with Crippen LogP contribution in [-0.2, 0) is 6.61 Å². The Hall–Kier alpha value is -1.68. The van der Waals surface area contributed by atoms with E-state index in [0.717, 1.165) is 4.47 Å². The Kier molecular flexibility index (Phi) is 3.54. The minimum atomic E-state index is 0.155. The number of phenolic OH excluding ortho intramolecular Hbond substituents is 2. The van der Waals surface area contributed by atoms with Crippen LogP contribution in [0.15, 0.2) is 46.9 Å². The molecule has 2 aromatic rings. The monoisotopic (exact) mass is 294 g/mol. The third-order valence-electron chi connectivity index (χ3n) is 2.26. The average molecular weight is 295 g/mol. The second kappa shape index (κ2) is 5.10. The van der Waals surface area contributed by atoms with Gasteiger partial charge in [0.05, 0.1) is 0 Å². The molecule has 17 heavy (non-hydrogen) atoms. The molecule has 0 bridgehead atoms. The van der Waals surface area contributed by atoms with Gasteiger partial charge in [-0.1, -0.05) is 28.1 Å². The average Bonchev–Trinajstić information content (AvgIpc) is 2.28. The molecule has 2 N–H and O–H groups in total. The highest BCUT2D eigenvalue weighted by Crippen LogP contribution is 2.24. The molecule has 4 heteroatoms. The first-order chi connectivity index (χ1) is 8.15. The fourth-order valence-electron chi connectivity index (χ4n) is 1.39. The number of aromatic hydroxyl groups is 2. The highest BCUT2D eigenvalue weighted by molar-refractivity contribution is 9.10. The maximum absolute atomic E-state index is 9.66. The molecule has 0 aromatic heterocycles. The van der Waals surface area contributed by atoms with Gasteiger partial charge >= 0.3 is 0 Å². The fourth-order valence-corrected chi connectivity index (χ4v) is 1.74. The smallest absolute Gasteiger partial charge is 0.123 e. The minimum Gasteiger partial charge on any atom is -0.508 e. The van der Waals surface area contributed by atoms with Crippen molar-refractivity contribution in [3.05, 3.63) is 52.5 Å². The lowest BCUT2D eigenvalue weighted by Crippen LogP contribution is -1.95. The van der Waals surface area contributed by atoms with Crippen LogP contribution < -0.4 is 4.74 Å². The van der Waals surface area contributed by atoms with Gasteiger partial charge in [-0.25, -0.2) is 0 Å². The first-order valence-electron chi connectivity index (χ1n) is 5.04. The zero-order chi connectivity index (χ0) is 12.3. The van der Waals surface area contributed by atoms with E-state index < -0.39 is 0 Å². The van der Waals surface area contributed by atoms with Crippen LogP contribution in [0.5, 0.6) is 17.2 Å². The van der Waals surface area contributed by atoms with Crippen LogP contribution in [0.2, 0.25) is 0 Å². The lowest BCUT2D eigenvalue weighted by atomic mass is 10.2. The van der Waals surface area contributed by atoms with Gasteiger partial charge in [-0.15, -0.1) is 0 Å². The number of ether oxygens (including phenoxy) is 1. The maximum Gasteiger partial charge on any atom is 0.123 e. The van der Waals surface area contributed by atoms with Crippen LogP contribution in [0, 0.1) is 0 Å². The molecule has 88 valence electrons. The first kappa shape index (κ1) is 11.8. The van der Waals surface area contributed by atoms with E-state index in [9.17, 15) is 10.2 Å². The Bertz CT molecular complexity index is 526. The molecule has 2 rings (SSSR count). The molecule has 0 aliphatic carbocycles. The van der Waals surface area contributed by atoms with Crippen molar-refractivity contribution in [1.29, 1.82) is 0 Å².